The maximum atomic E-state index is 12.3. The number of carbonyl (C=O) groups excluding carboxylic acids is 1. The van der Waals surface area contributed by atoms with Crippen molar-refractivity contribution >= 4 is 33.7 Å². The summed E-state index contributed by atoms with van der Waals surface area (Å²) in [6.45, 7) is 0. The van der Waals surface area contributed by atoms with E-state index < -0.39 is 4.92 Å². The third kappa shape index (κ3) is 1.82. The van der Waals surface area contributed by atoms with E-state index in [1.807, 2.05) is 5.38 Å². The van der Waals surface area contributed by atoms with E-state index in [1.54, 1.807) is 24.3 Å². The number of fused-ring (bicyclic) bond motifs is 1. The van der Waals surface area contributed by atoms with Crippen molar-refractivity contribution in [3.63, 3.8) is 0 Å². The predicted octanol–water partition coefficient (Wildman–Crippen LogP) is 3.37. The topological polar surface area (TPSA) is 76.0 Å². The first-order valence-electron chi connectivity index (χ1n) is 5.51. The molecular formula is C13H8N2O3S. The molecule has 0 aliphatic heterocycles. The highest BCUT2D eigenvalue weighted by molar-refractivity contribution is 7.12. The van der Waals surface area contributed by atoms with E-state index in [0.29, 0.717) is 21.3 Å². The number of para-hydroxylation sites is 1. The molecule has 1 aromatic carbocycles. The highest BCUT2D eigenvalue weighted by Gasteiger charge is 2.19. The normalized spacial score (nSPS) is 10.7. The number of benzene rings is 1. The van der Waals surface area contributed by atoms with Crippen LogP contribution < -0.4 is 0 Å². The zero-order valence-corrected chi connectivity index (χ0v) is 10.4. The Hall–Kier alpha value is -2.47. The van der Waals surface area contributed by atoms with Crippen LogP contribution >= 0.6 is 11.3 Å². The summed E-state index contributed by atoms with van der Waals surface area (Å²) in [6, 6.07) is 8.25. The Morgan fingerprint density at radius 1 is 1.26 bits per heavy atom. The molecule has 2 heterocycles. The van der Waals surface area contributed by atoms with Crippen molar-refractivity contribution in [2.45, 2.75) is 0 Å². The van der Waals surface area contributed by atoms with Gasteiger partial charge >= 0.3 is 0 Å². The van der Waals surface area contributed by atoms with Crippen LogP contribution in [0.4, 0.5) is 5.69 Å². The number of thiophene rings is 1. The molecule has 0 aliphatic rings. The number of hydrogen-bond donors (Lipinski definition) is 1. The van der Waals surface area contributed by atoms with Crippen LogP contribution in [0.5, 0.6) is 0 Å². The molecular weight excluding hydrogens is 264 g/mol. The standard InChI is InChI=1S/C13H8N2O3S/c16-13(11-5-2-6-19-11)9-7-14-12-8(9)3-1-4-10(12)15(17)18/h1-7,14H. The van der Waals surface area contributed by atoms with Crippen molar-refractivity contribution in [1.82, 2.24) is 4.98 Å². The number of H-pyrrole nitrogens is 1. The van der Waals surface area contributed by atoms with Gasteiger partial charge in [0.1, 0.15) is 5.52 Å². The number of aromatic nitrogens is 1. The van der Waals surface area contributed by atoms with Gasteiger partial charge in [-0.1, -0.05) is 18.2 Å². The quantitative estimate of drug-likeness (QED) is 0.451. The van der Waals surface area contributed by atoms with E-state index in [0.717, 1.165) is 0 Å². The van der Waals surface area contributed by atoms with Crippen LogP contribution in [0.3, 0.4) is 0 Å². The summed E-state index contributed by atoms with van der Waals surface area (Å²) in [7, 11) is 0. The maximum absolute atomic E-state index is 12.3. The molecule has 0 spiro atoms. The molecule has 3 rings (SSSR count). The van der Waals surface area contributed by atoms with Crippen molar-refractivity contribution in [1.29, 1.82) is 0 Å². The fraction of sp³-hybridized carbons (Fsp3) is 0. The van der Waals surface area contributed by atoms with E-state index in [4.69, 9.17) is 0 Å². The molecule has 1 N–H and O–H groups in total. The van der Waals surface area contributed by atoms with Crippen molar-refractivity contribution in [3.8, 4) is 0 Å². The fourth-order valence-electron chi connectivity index (χ4n) is 2.02. The van der Waals surface area contributed by atoms with E-state index >= 15 is 0 Å². The van der Waals surface area contributed by atoms with Crippen LogP contribution in [0, 0.1) is 10.1 Å². The molecule has 2 aromatic heterocycles. The monoisotopic (exact) mass is 272 g/mol. The smallest absolute Gasteiger partial charge is 0.293 e. The molecule has 0 unspecified atom stereocenters. The number of rotatable bonds is 3. The lowest BCUT2D eigenvalue weighted by molar-refractivity contribution is -0.383. The van der Waals surface area contributed by atoms with Gasteiger partial charge in [0, 0.05) is 23.2 Å². The Morgan fingerprint density at radius 2 is 2.11 bits per heavy atom. The molecule has 0 radical (unpaired) electrons. The first-order valence-corrected chi connectivity index (χ1v) is 6.39. The fourth-order valence-corrected chi connectivity index (χ4v) is 2.70. The molecule has 0 saturated heterocycles. The molecule has 0 aliphatic carbocycles. The van der Waals surface area contributed by atoms with Gasteiger partial charge in [0.15, 0.2) is 0 Å². The van der Waals surface area contributed by atoms with E-state index in [9.17, 15) is 14.9 Å². The van der Waals surface area contributed by atoms with Gasteiger partial charge in [0.2, 0.25) is 5.78 Å². The number of nitro benzene ring substituents is 1. The summed E-state index contributed by atoms with van der Waals surface area (Å²) in [6.07, 6.45) is 1.53. The highest BCUT2D eigenvalue weighted by atomic mass is 32.1. The summed E-state index contributed by atoms with van der Waals surface area (Å²) >= 11 is 1.35. The average Bonchev–Trinajstić information content (AvgIpc) is 3.06. The van der Waals surface area contributed by atoms with Crippen LogP contribution in [-0.2, 0) is 0 Å². The summed E-state index contributed by atoms with van der Waals surface area (Å²) < 4.78 is 0. The van der Waals surface area contributed by atoms with E-state index in [1.165, 1.54) is 23.6 Å². The number of ketones is 1. The predicted molar refractivity (Wildman–Crippen MR) is 72.7 cm³/mol. The van der Waals surface area contributed by atoms with Gasteiger partial charge < -0.3 is 4.98 Å². The Bertz CT molecular complexity index is 774. The number of non-ortho nitro benzene ring substituents is 1. The molecule has 0 fully saturated rings. The molecule has 3 aromatic rings. The van der Waals surface area contributed by atoms with Gasteiger partial charge in [0.05, 0.1) is 9.80 Å². The van der Waals surface area contributed by atoms with Gasteiger partial charge in [-0.2, -0.15) is 0 Å². The minimum atomic E-state index is -0.460. The lowest BCUT2D eigenvalue weighted by Gasteiger charge is -1.96. The Balaban J connectivity index is 2.19. The number of nitro groups is 1. The SMILES string of the molecule is O=C(c1cccs1)c1c[nH]c2c([N+](=O)[O-])cccc12. The Morgan fingerprint density at radius 3 is 2.79 bits per heavy atom. The van der Waals surface area contributed by atoms with Gasteiger partial charge in [-0.25, -0.2) is 0 Å². The van der Waals surface area contributed by atoms with Gasteiger partial charge in [-0.05, 0) is 11.4 Å². The highest BCUT2D eigenvalue weighted by Crippen LogP contribution is 2.28. The Kier molecular flexibility index (Phi) is 2.64. The van der Waals surface area contributed by atoms with E-state index in [2.05, 4.69) is 4.98 Å². The molecule has 0 saturated carbocycles. The second-order valence-electron chi connectivity index (χ2n) is 3.97. The lowest BCUT2D eigenvalue weighted by atomic mass is 10.1. The van der Waals surface area contributed by atoms with Crippen molar-refractivity contribution in [2.24, 2.45) is 0 Å². The van der Waals surface area contributed by atoms with Gasteiger partial charge in [0.25, 0.3) is 5.69 Å². The summed E-state index contributed by atoms with van der Waals surface area (Å²) in [5.74, 6) is -0.123. The van der Waals surface area contributed by atoms with Crippen molar-refractivity contribution in [3.05, 3.63) is 62.5 Å². The van der Waals surface area contributed by atoms with E-state index in [-0.39, 0.29) is 11.5 Å². The zero-order valence-electron chi connectivity index (χ0n) is 9.62. The molecule has 6 heteroatoms. The number of carbonyl (C=O) groups is 1. The van der Waals surface area contributed by atoms with Crippen LogP contribution in [0.2, 0.25) is 0 Å². The third-order valence-corrected chi connectivity index (χ3v) is 3.75. The molecule has 19 heavy (non-hydrogen) atoms. The minimum absolute atomic E-state index is 0.0253. The van der Waals surface area contributed by atoms with Crippen molar-refractivity contribution < 1.29 is 9.72 Å². The molecule has 0 bridgehead atoms. The van der Waals surface area contributed by atoms with Crippen LogP contribution in [0.25, 0.3) is 10.9 Å². The summed E-state index contributed by atoms with van der Waals surface area (Å²) in [4.78, 5) is 26.2. The number of nitrogens with zero attached hydrogens (tertiary/aromatic N) is 1. The second kappa shape index (κ2) is 4.33. The number of nitrogens with one attached hydrogen (secondary N) is 1. The number of hydrogen-bond acceptors (Lipinski definition) is 4. The van der Waals surface area contributed by atoms with Gasteiger partial charge in [-0.15, -0.1) is 11.3 Å². The minimum Gasteiger partial charge on any atom is -0.355 e. The van der Waals surface area contributed by atoms with Gasteiger partial charge in [-0.3, -0.25) is 14.9 Å². The van der Waals surface area contributed by atoms with Crippen LogP contribution in [-0.4, -0.2) is 15.7 Å². The third-order valence-electron chi connectivity index (χ3n) is 2.88. The second-order valence-corrected chi connectivity index (χ2v) is 4.91. The first-order chi connectivity index (χ1) is 9.18. The average molecular weight is 272 g/mol. The molecule has 94 valence electrons. The summed E-state index contributed by atoms with van der Waals surface area (Å²) in [5, 5.41) is 13.3. The molecule has 0 atom stereocenters. The number of aromatic amines is 1. The van der Waals surface area contributed by atoms with Crippen LogP contribution in [0.1, 0.15) is 15.2 Å². The summed E-state index contributed by atoms with van der Waals surface area (Å²) in [5.41, 5.74) is 0.816. The zero-order chi connectivity index (χ0) is 13.4. The largest absolute Gasteiger partial charge is 0.355 e. The lowest BCUT2D eigenvalue weighted by Crippen LogP contribution is -1.97. The Labute approximate surface area is 111 Å². The molecule has 5 nitrogen and oxygen atoms in total. The first kappa shape index (κ1) is 11.6. The van der Waals surface area contributed by atoms with Crippen LogP contribution in [0.15, 0.2) is 41.9 Å². The molecule has 0 amide bonds. The maximum Gasteiger partial charge on any atom is 0.293 e. The van der Waals surface area contributed by atoms with Crippen molar-refractivity contribution in [2.75, 3.05) is 0 Å².